The van der Waals surface area contributed by atoms with Crippen LogP contribution in [-0.4, -0.2) is 17.9 Å². The average molecular weight is 296 g/mol. The van der Waals surface area contributed by atoms with Crippen LogP contribution >= 0.6 is 0 Å². The van der Waals surface area contributed by atoms with Crippen LogP contribution < -0.4 is 5.43 Å². The summed E-state index contributed by atoms with van der Waals surface area (Å²) in [6, 6.07) is 18.1. The first-order valence-electron chi connectivity index (χ1n) is 7.11. The molecule has 114 valence electrons. The quantitative estimate of drug-likeness (QED) is 0.681. The van der Waals surface area contributed by atoms with E-state index in [-0.39, 0.29) is 0 Å². The Morgan fingerprint density at radius 3 is 2.18 bits per heavy atom. The molecular weight excluding hydrogens is 276 g/mol. The first-order chi connectivity index (χ1) is 10.4. The van der Waals surface area contributed by atoms with Crippen molar-refractivity contribution in [2.75, 3.05) is 0 Å². The number of carbonyl (C=O) groups excluding carboxylic acids is 1. The van der Waals surface area contributed by atoms with Crippen LogP contribution in [0, 0.1) is 0 Å². The van der Waals surface area contributed by atoms with Crippen molar-refractivity contribution >= 4 is 12.3 Å². The number of ether oxygens (including phenoxy) is 1. The average Bonchev–Trinajstić information content (AvgIpc) is 2.47. The van der Waals surface area contributed by atoms with Crippen LogP contribution in [0.1, 0.15) is 26.3 Å². The first kappa shape index (κ1) is 15.8. The van der Waals surface area contributed by atoms with Crippen molar-refractivity contribution in [1.29, 1.82) is 0 Å². The van der Waals surface area contributed by atoms with Crippen molar-refractivity contribution in [3.8, 4) is 11.1 Å². The topological polar surface area (TPSA) is 50.7 Å². The maximum Gasteiger partial charge on any atom is 0.428 e. The molecule has 0 aliphatic carbocycles. The van der Waals surface area contributed by atoms with Crippen LogP contribution in [-0.2, 0) is 4.74 Å². The van der Waals surface area contributed by atoms with Crippen molar-refractivity contribution in [3.05, 3.63) is 60.2 Å². The zero-order valence-electron chi connectivity index (χ0n) is 13.0. The monoisotopic (exact) mass is 296 g/mol. The van der Waals surface area contributed by atoms with E-state index in [1.54, 1.807) is 27.0 Å². The SMILES string of the molecule is CC(C)(C)OC(=O)NN=Cc1ccc(-c2ccccc2)cc1. The molecule has 0 spiro atoms. The fourth-order valence-corrected chi connectivity index (χ4v) is 1.85. The van der Waals surface area contributed by atoms with Gasteiger partial charge in [0, 0.05) is 0 Å². The second-order valence-electron chi connectivity index (χ2n) is 5.86. The van der Waals surface area contributed by atoms with Gasteiger partial charge in [-0.15, -0.1) is 0 Å². The van der Waals surface area contributed by atoms with E-state index in [0.717, 1.165) is 16.7 Å². The standard InChI is InChI=1S/C18H20N2O2/c1-18(2,3)22-17(21)20-19-13-14-9-11-16(12-10-14)15-7-5-4-6-8-15/h4-13H,1-3H3,(H,20,21). The molecule has 0 bridgehead atoms. The molecule has 0 radical (unpaired) electrons. The number of nitrogens with one attached hydrogen (secondary N) is 1. The summed E-state index contributed by atoms with van der Waals surface area (Å²) < 4.78 is 5.09. The van der Waals surface area contributed by atoms with E-state index in [2.05, 4.69) is 22.7 Å². The minimum atomic E-state index is -0.565. The molecule has 0 saturated carbocycles. The number of carbonyl (C=O) groups is 1. The lowest BCUT2D eigenvalue weighted by Crippen LogP contribution is -2.29. The third kappa shape index (κ3) is 5.05. The number of amides is 1. The molecule has 2 aromatic carbocycles. The summed E-state index contributed by atoms with van der Waals surface area (Å²) in [4.78, 5) is 11.4. The number of nitrogens with zero attached hydrogens (tertiary/aromatic N) is 1. The Morgan fingerprint density at radius 1 is 1.00 bits per heavy atom. The van der Waals surface area contributed by atoms with Crippen LogP contribution in [0.3, 0.4) is 0 Å². The summed E-state index contributed by atoms with van der Waals surface area (Å²) >= 11 is 0. The van der Waals surface area contributed by atoms with E-state index in [4.69, 9.17) is 4.74 Å². The molecule has 0 heterocycles. The molecule has 4 nitrogen and oxygen atoms in total. The van der Waals surface area contributed by atoms with Gasteiger partial charge in [-0.3, -0.25) is 0 Å². The second kappa shape index (κ2) is 6.89. The Bertz CT molecular complexity index is 641. The molecule has 2 rings (SSSR count). The van der Waals surface area contributed by atoms with Gasteiger partial charge in [-0.2, -0.15) is 5.10 Å². The van der Waals surface area contributed by atoms with Gasteiger partial charge in [0.1, 0.15) is 5.60 Å². The number of hydrazone groups is 1. The first-order valence-corrected chi connectivity index (χ1v) is 7.11. The predicted molar refractivity (Wildman–Crippen MR) is 88.8 cm³/mol. The molecule has 0 fully saturated rings. The maximum atomic E-state index is 11.4. The van der Waals surface area contributed by atoms with E-state index in [1.165, 1.54) is 0 Å². The van der Waals surface area contributed by atoms with Crippen LogP contribution in [0.25, 0.3) is 11.1 Å². The number of hydrogen-bond donors (Lipinski definition) is 1. The van der Waals surface area contributed by atoms with Gasteiger partial charge in [-0.25, -0.2) is 10.2 Å². The molecule has 0 aromatic heterocycles. The van der Waals surface area contributed by atoms with Gasteiger partial charge in [0.25, 0.3) is 0 Å². The molecular formula is C18H20N2O2. The zero-order chi connectivity index (χ0) is 16.0. The highest BCUT2D eigenvalue weighted by Gasteiger charge is 2.15. The van der Waals surface area contributed by atoms with Crippen LogP contribution in [0.15, 0.2) is 59.7 Å². The van der Waals surface area contributed by atoms with Crippen molar-refractivity contribution in [3.63, 3.8) is 0 Å². The highest BCUT2D eigenvalue weighted by atomic mass is 16.6. The van der Waals surface area contributed by atoms with Gasteiger partial charge in [0.2, 0.25) is 0 Å². The molecule has 1 amide bonds. The van der Waals surface area contributed by atoms with Gasteiger partial charge in [0.05, 0.1) is 6.21 Å². The summed E-state index contributed by atoms with van der Waals surface area (Å²) in [6.45, 7) is 5.41. The minimum absolute atomic E-state index is 0.531. The van der Waals surface area contributed by atoms with Gasteiger partial charge < -0.3 is 4.74 Å². The smallest absolute Gasteiger partial charge is 0.428 e. The lowest BCUT2D eigenvalue weighted by atomic mass is 10.0. The minimum Gasteiger partial charge on any atom is -0.443 e. The molecule has 0 saturated heterocycles. The lowest BCUT2D eigenvalue weighted by Gasteiger charge is -2.18. The summed E-state index contributed by atoms with van der Waals surface area (Å²) in [5.41, 5.74) is 5.01. The van der Waals surface area contributed by atoms with Crippen molar-refractivity contribution in [2.45, 2.75) is 26.4 Å². The lowest BCUT2D eigenvalue weighted by molar-refractivity contribution is 0.0529. The van der Waals surface area contributed by atoms with E-state index >= 15 is 0 Å². The van der Waals surface area contributed by atoms with E-state index in [0.29, 0.717) is 0 Å². The van der Waals surface area contributed by atoms with Crippen molar-refractivity contribution in [2.24, 2.45) is 5.10 Å². The van der Waals surface area contributed by atoms with Gasteiger partial charge in [0.15, 0.2) is 0 Å². The Hall–Kier alpha value is -2.62. The Labute approximate surface area is 130 Å². The number of hydrogen-bond acceptors (Lipinski definition) is 3. The van der Waals surface area contributed by atoms with Crippen LogP contribution in [0.2, 0.25) is 0 Å². The van der Waals surface area contributed by atoms with Crippen LogP contribution in [0.5, 0.6) is 0 Å². The molecule has 22 heavy (non-hydrogen) atoms. The van der Waals surface area contributed by atoms with Crippen molar-refractivity contribution < 1.29 is 9.53 Å². The molecule has 0 aliphatic heterocycles. The Balaban J connectivity index is 1.94. The Kier molecular flexibility index (Phi) is 4.94. The van der Waals surface area contributed by atoms with Crippen molar-refractivity contribution in [1.82, 2.24) is 5.43 Å². The van der Waals surface area contributed by atoms with E-state index in [9.17, 15) is 4.79 Å². The summed E-state index contributed by atoms with van der Waals surface area (Å²) in [7, 11) is 0. The second-order valence-corrected chi connectivity index (χ2v) is 5.86. The fourth-order valence-electron chi connectivity index (χ4n) is 1.85. The molecule has 0 unspecified atom stereocenters. The van der Waals surface area contributed by atoms with Gasteiger partial charge >= 0.3 is 6.09 Å². The molecule has 0 atom stereocenters. The normalized spacial score (nSPS) is 11.4. The largest absolute Gasteiger partial charge is 0.443 e. The number of rotatable bonds is 3. The summed E-state index contributed by atoms with van der Waals surface area (Å²) in [5, 5.41) is 3.88. The third-order valence-corrected chi connectivity index (χ3v) is 2.79. The Morgan fingerprint density at radius 2 is 1.59 bits per heavy atom. The molecule has 4 heteroatoms. The summed E-state index contributed by atoms with van der Waals surface area (Å²) in [6.07, 6.45) is 1.02. The molecule has 1 N–H and O–H groups in total. The van der Waals surface area contributed by atoms with Gasteiger partial charge in [-0.1, -0.05) is 54.6 Å². The highest BCUT2D eigenvalue weighted by molar-refractivity contribution is 5.82. The molecule has 0 aliphatic rings. The third-order valence-electron chi connectivity index (χ3n) is 2.79. The summed E-state index contributed by atoms with van der Waals surface area (Å²) in [5.74, 6) is 0. The maximum absolute atomic E-state index is 11.4. The number of benzene rings is 2. The zero-order valence-corrected chi connectivity index (χ0v) is 13.0. The van der Waals surface area contributed by atoms with Gasteiger partial charge in [-0.05, 0) is 37.5 Å². The van der Waals surface area contributed by atoms with E-state index in [1.807, 2.05) is 42.5 Å². The highest BCUT2D eigenvalue weighted by Crippen LogP contribution is 2.18. The van der Waals surface area contributed by atoms with E-state index < -0.39 is 11.7 Å². The fraction of sp³-hybridized carbons (Fsp3) is 0.222. The molecule has 2 aromatic rings. The predicted octanol–water partition coefficient (Wildman–Crippen LogP) is 4.21. The van der Waals surface area contributed by atoms with Crippen LogP contribution in [0.4, 0.5) is 4.79 Å².